The van der Waals surface area contributed by atoms with Gasteiger partial charge in [0.05, 0.1) is 16.8 Å². The predicted molar refractivity (Wildman–Crippen MR) is 89.8 cm³/mol. The van der Waals surface area contributed by atoms with Crippen molar-refractivity contribution < 1.29 is 14.5 Å². The van der Waals surface area contributed by atoms with Gasteiger partial charge in [-0.25, -0.2) is 4.90 Å². The largest absolute Gasteiger partial charge is 0.293 e. The van der Waals surface area contributed by atoms with Crippen LogP contribution in [0, 0.1) is 59.5 Å². The Labute approximate surface area is 144 Å². The summed E-state index contributed by atoms with van der Waals surface area (Å²) in [6, 6.07) is 3.06. The fourth-order valence-corrected chi connectivity index (χ4v) is 5.31. The SMILES string of the molecule is Cc1cc(N2C(=O)[C@@H]3[C@@H]4C=C[C@H]([C@@H]5C[C@H]45)[C@@H]3C2=O)c([N+](=O)[O-])cc1C. The fourth-order valence-electron chi connectivity index (χ4n) is 5.31. The molecule has 2 saturated carbocycles. The Kier molecular flexibility index (Phi) is 2.70. The lowest BCUT2D eigenvalue weighted by atomic mass is 9.63. The van der Waals surface area contributed by atoms with Gasteiger partial charge in [0.2, 0.25) is 11.8 Å². The quantitative estimate of drug-likeness (QED) is 0.359. The molecule has 4 aliphatic carbocycles. The number of aryl methyl sites for hydroxylation is 2. The van der Waals surface area contributed by atoms with Crippen LogP contribution in [0.4, 0.5) is 11.4 Å². The first kappa shape index (κ1) is 14.8. The standard InChI is InChI=1S/C19H18N2O4/c1-8-5-14(15(21(24)25)6-9(8)2)20-18(22)16-10-3-4-11(13-7-12(10)13)17(16)19(20)23/h3-6,10-13,16-17H,7H2,1-2H3/t10-,11-,12-,13+,16-,17+/m1/s1. The third-order valence-electron chi connectivity index (χ3n) is 6.69. The van der Waals surface area contributed by atoms with Gasteiger partial charge in [0.1, 0.15) is 5.69 Å². The molecule has 25 heavy (non-hydrogen) atoms. The highest BCUT2D eigenvalue weighted by Gasteiger charge is 2.67. The van der Waals surface area contributed by atoms with Crippen LogP contribution in [0.2, 0.25) is 0 Å². The Hall–Kier alpha value is -2.50. The maximum atomic E-state index is 13.1. The molecule has 0 aromatic heterocycles. The van der Waals surface area contributed by atoms with Gasteiger partial charge in [-0.1, -0.05) is 12.2 Å². The molecular formula is C19H18N2O4. The van der Waals surface area contributed by atoms with Gasteiger partial charge in [0, 0.05) is 6.07 Å². The van der Waals surface area contributed by atoms with Gasteiger partial charge in [-0.15, -0.1) is 0 Å². The number of carbonyl (C=O) groups is 2. The summed E-state index contributed by atoms with van der Waals surface area (Å²) in [6.07, 6.45) is 5.30. The lowest BCUT2D eigenvalue weighted by molar-refractivity contribution is -0.384. The number of anilines is 1. The van der Waals surface area contributed by atoms with Crippen molar-refractivity contribution in [3.05, 3.63) is 45.5 Å². The Morgan fingerprint density at radius 1 is 1.00 bits per heavy atom. The Morgan fingerprint density at radius 3 is 2.04 bits per heavy atom. The fraction of sp³-hybridized carbons (Fsp3) is 0.474. The third kappa shape index (κ3) is 1.74. The van der Waals surface area contributed by atoms with Crippen LogP contribution in [0.25, 0.3) is 0 Å². The molecule has 1 aromatic carbocycles. The van der Waals surface area contributed by atoms with Gasteiger partial charge in [-0.3, -0.25) is 19.7 Å². The zero-order chi connectivity index (χ0) is 17.6. The maximum Gasteiger partial charge on any atom is 0.293 e. The van der Waals surface area contributed by atoms with Gasteiger partial charge >= 0.3 is 0 Å². The molecule has 1 heterocycles. The molecule has 2 amide bonds. The number of benzene rings is 1. The summed E-state index contributed by atoms with van der Waals surface area (Å²) >= 11 is 0. The van der Waals surface area contributed by atoms with Crippen molar-refractivity contribution in [2.45, 2.75) is 20.3 Å². The minimum atomic E-state index is -0.505. The second kappa shape index (κ2) is 4.56. The molecule has 1 aliphatic heterocycles. The van der Waals surface area contributed by atoms with E-state index in [9.17, 15) is 19.7 Å². The minimum Gasteiger partial charge on any atom is -0.274 e. The second-order valence-corrected chi connectivity index (χ2v) is 7.85. The molecule has 128 valence electrons. The highest BCUT2D eigenvalue weighted by Crippen LogP contribution is 2.65. The van der Waals surface area contributed by atoms with E-state index in [1.165, 1.54) is 6.07 Å². The number of rotatable bonds is 2. The van der Waals surface area contributed by atoms with Crippen molar-refractivity contribution in [2.24, 2.45) is 35.5 Å². The summed E-state index contributed by atoms with van der Waals surface area (Å²) in [4.78, 5) is 38.4. The first-order valence-electron chi connectivity index (χ1n) is 8.72. The topological polar surface area (TPSA) is 80.5 Å². The van der Waals surface area contributed by atoms with E-state index in [4.69, 9.17) is 0 Å². The van der Waals surface area contributed by atoms with E-state index in [1.54, 1.807) is 13.0 Å². The van der Waals surface area contributed by atoms with Gasteiger partial charge < -0.3 is 0 Å². The molecule has 6 atom stereocenters. The van der Waals surface area contributed by atoms with Crippen LogP contribution in [-0.2, 0) is 9.59 Å². The normalized spacial score (nSPS) is 37.3. The maximum absolute atomic E-state index is 13.1. The molecule has 5 aliphatic rings. The smallest absolute Gasteiger partial charge is 0.274 e. The molecule has 3 fully saturated rings. The first-order valence-corrected chi connectivity index (χ1v) is 8.72. The molecular weight excluding hydrogens is 320 g/mol. The monoisotopic (exact) mass is 338 g/mol. The van der Waals surface area contributed by atoms with Crippen molar-refractivity contribution in [3.8, 4) is 0 Å². The molecule has 1 saturated heterocycles. The average molecular weight is 338 g/mol. The lowest BCUT2D eigenvalue weighted by Gasteiger charge is -2.37. The van der Waals surface area contributed by atoms with Crippen LogP contribution in [0.5, 0.6) is 0 Å². The molecule has 0 N–H and O–H groups in total. The molecule has 1 aromatic rings. The molecule has 0 spiro atoms. The van der Waals surface area contributed by atoms with Gasteiger partial charge in [0.25, 0.3) is 5.69 Å². The number of hydrogen-bond donors (Lipinski definition) is 0. The van der Waals surface area contributed by atoms with E-state index in [1.807, 2.05) is 6.92 Å². The number of imide groups is 1. The van der Waals surface area contributed by atoms with E-state index in [0.717, 1.165) is 22.4 Å². The Bertz CT molecular complexity index is 854. The van der Waals surface area contributed by atoms with Crippen molar-refractivity contribution in [1.82, 2.24) is 0 Å². The molecule has 6 rings (SSSR count). The van der Waals surface area contributed by atoms with Crippen molar-refractivity contribution >= 4 is 23.2 Å². The zero-order valence-electron chi connectivity index (χ0n) is 14.0. The van der Waals surface area contributed by atoms with Crippen LogP contribution in [0.3, 0.4) is 0 Å². The summed E-state index contributed by atoms with van der Waals surface area (Å²) < 4.78 is 0. The van der Waals surface area contributed by atoms with Crippen LogP contribution >= 0.6 is 0 Å². The molecule has 2 bridgehead atoms. The summed E-state index contributed by atoms with van der Waals surface area (Å²) in [7, 11) is 0. The molecule has 6 heteroatoms. The molecule has 0 radical (unpaired) electrons. The zero-order valence-corrected chi connectivity index (χ0v) is 14.0. The van der Waals surface area contributed by atoms with Gasteiger partial charge in [0.15, 0.2) is 0 Å². The highest BCUT2D eigenvalue weighted by molar-refractivity contribution is 6.23. The third-order valence-corrected chi connectivity index (χ3v) is 6.69. The Balaban J connectivity index is 1.63. The molecule has 6 nitrogen and oxygen atoms in total. The Morgan fingerprint density at radius 2 is 1.52 bits per heavy atom. The van der Waals surface area contributed by atoms with Gasteiger partial charge in [-0.2, -0.15) is 0 Å². The van der Waals surface area contributed by atoms with E-state index in [-0.39, 0.29) is 46.9 Å². The summed E-state index contributed by atoms with van der Waals surface area (Å²) in [6.45, 7) is 3.62. The van der Waals surface area contributed by atoms with E-state index >= 15 is 0 Å². The number of allylic oxidation sites excluding steroid dienone is 2. The van der Waals surface area contributed by atoms with Crippen molar-refractivity contribution in [2.75, 3.05) is 4.90 Å². The van der Waals surface area contributed by atoms with Crippen molar-refractivity contribution in [1.29, 1.82) is 0 Å². The van der Waals surface area contributed by atoms with Crippen molar-refractivity contribution in [3.63, 3.8) is 0 Å². The van der Waals surface area contributed by atoms with E-state index in [0.29, 0.717) is 11.8 Å². The van der Waals surface area contributed by atoms with Crippen LogP contribution in [-0.4, -0.2) is 16.7 Å². The number of carbonyl (C=O) groups excluding carboxylic acids is 2. The van der Waals surface area contributed by atoms with Gasteiger partial charge in [-0.05, 0) is 61.1 Å². The summed E-state index contributed by atoms with van der Waals surface area (Å²) in [5.41, 5.74) is 1.56. The number of nitro benzene ring substituents is 1. The molecule has 0 unspecified atom stereocenters. The second-order valence-electron chi connectivity index (χ2n) is 7.85. The number of amides is 2. The number of nitrogens with zero attached hydrogens (tertiary/aromatic N) is 2. The van der Waals surface area contributed by atoms with Crippen LogP contribution in [0.15, 0.2) is 24.3 Å². The van der Waals surface area contributed by atoms with Crippen LogP contribution in [0.1, 0.15) is 17.5 Å². The number of hydrogen-bond acceptors (Lipinski definition) is 4. The first-order chi connectivity index (χ1) is 11.9. The highest BCUT2D eigenvalue weighted by atomic mass is 16.6. The summed E-state index contributed by atoms with van der Waals surface area (Å²) in [5, 5.41) is 11.5. The summed E-state index contributed by atoms with van der Waals surface area (Å²) in [5.74, 6) is 0.0708. The predicted octanol–water partition coefficient (Wildman–Crippen LogP) is 2.77. The van der Waals surface area contributed by atoms with E-state index in [2.05, 4.69) is 12.2 Å². The lowest BCUT2D eigenvalue weighted by Crippen LogP contribution is -2.40. The average Bonchev–Trinajstić information content (AvgIpc) is 3.34. The minimum absolute atomic E-state index is 0.118. The van der Waals surface area contributed by atoms with E-state index < -0.39 is 4.92 Å². The number of nitro groups is 1. The van der Waals surface area contributed by atoms with Crippen LogP contribution < -0.4 is 4.90 Å².